The van der Waals surface area contributed by atoms with Crippen LogP contribution in [-0.4, -0.2) is 52.1 Å². The van der Waals surface area contributed by atoms with E-state index in [1.807, 2.05) is 38.1 Å². The maximum Gasteiger partial charge on any atom is 0.229 e. The summed E-state index contributed by atoms with van der Waals surface area (Å²) in [5.41, 5.74) is 7.50. The summed E-state index contributed by atoms with van der Waals surface area (Å²) < 4.78 is 0. The molecule has 9 heteroatoms. The highest BCUT2D eigenvalue weighted by Gasteiger charge is 2.22. The number of rotatable bonds is 3. The number of aromatic nitrogens is 2. The minimum absolute atomic E-state index is 0.373. The van der Waals surface area contributed by atoms with Crippen LogP contribution in [0.15, 0.2) is 47.5 Å². The van der Waals surface area contributed by atoms with Gasteiger partial charge in [-0.2, -0.15) is 4.99 Å². The molecule has 2 aromatic carbocycles. The van der Waals surface area contributed by atoms with Gasteiger partial charge >= 0.3 is 0 Å². The van der Waals surface area contributed by atoms with Gasteiger partial charge in [-0.15, -0.1) is 0 Å². The fraction of sp³-hybridized carbons (Fsp3) is 0.333. The first-order chi connectivity index (χ1) is 17.2. The van der Waals surface area contributed by atoms with Crippen LogP contribution >= 0.6 is 23.8 Å². The van der Waals surface area contributed by atoms with E-state index < -0.39 is 0 Å². The van der Waals surface area contributed by atoms with Gasteiger partial charge in [0.1, 0.15) is 0 Å². The number of anilines is 3. The van der Waals surface area contributed by atoms with Crippen LogP contribution in [0.2, 0.25) is 5.02 Å². The van der Waals surface area contributed by atoms with Crippen LogP contribution in [0.3, 0.4) is 0 Å². The molecule has 1 aromatic heterocycles. The maximum atomic E-state index is 6.27. The Balaban J connectivity index is 1.55. The Hall–Kier alpha value is -3.23. The summed E-state index contributed by atoms with van der Waals surface area (Å²) in [4.78, 5) is 18.4. The van der Waals surface area contributed by atoms with E-state index in [1.54, 1.807) is 0 Å². The first-order valence-corrected chi connectivity index (χ1v) is 12.8. The highest BCUT2D eigenvalue weighted by atomic mass is 35.5. The molecule has 0 radical (unpaired) electrons. The van der Waals surface area contributed by atoms with E-state index >= 15 is 0 Å². The van der Waals surface area contributed by atoms with E-state index in [-0.39, 0.29) is 0 Å². The molecule has 2 N–H and O–H groups in total. The Kier molecular flexibility index (Phi) is 8.06. The van der Waals surface area contributed by atoms with Crippen molar-refractivity contribution in [1.82, 2.24) is 14.9 Å². The smallest absolute Gasteiger partial charge is 0.229 e. The summed E-state index contributed by atoms with van der Waals surface area (Å²) in [6.07, 6.45) is 0. The maximum absolute atomic E-state index is 6.27. The van der Waals surface area contributed by atoms with E-state index in [4.69, 9.17) is 28.8 Å². The van der Waals surface area contributed by atoms with Crippen molar-refractivity contribution in [3.05, 3.63) is 75.6 Å². The lowest BCUT2D eigenvalue weighted by Gasteiger charge is -2.38. The number of piperazine rings is 1. The van der Waals surface area contributed by atoms with Crippen LogP contribution in [0.25, 0.3) is 0 Å². The van der Waals surface area contributed by atoms with Gasteiger partial charge in [0.25, 0.3) is 0 Å². The molecular formula is C27H32ClN7S. The molecule has 2 heterocycles. The van der Waals surface area contributed by atoms with Crippen LogP contribution in [-0.2, 0) is 0 Å². The molecular weight excluding hydrogens is 490 g/mol. The van der Waals surface area contributed by atoms with E-state index in [1.165, 1.54) is 16.7 Å². The molecule has 1 aliphatic heterocycles. The Morgan fingerprint density at radius 3 is 2.17 bits per heavy atom. The second-order valence-corrected chi connectivity index (χ2v) is 9.99. The van der Waals surface area contributed by atoms with E-state index in [2.05, 4.69) is 69.4 Å². The third-order valence-corrected chi connectivity index (χ3v) is 6.69. The molecule has 0 saturated carbocycles. The third kappa shape index (κ3) is 6.50. The highest BCUT2D eigenvalue weighted by molar-refractivity contribution is 7.80. The van der Waals surface area contributed by atoms with E-state index in [9.17, 15) is 0 Å². The van der Waals surface area contributed by atoms with Crippen molar-refractivity contribution in [2.45, 2.75) is 34.6 Å². The van der Waals surface area contributed by atoms with Gasteiger partial charge in [0, 0.05) is 54.0 Å². The molecule has 36 heavy (non-hydrogen) atoms. The largest absolute Gasteiger partial charge is 0.368 e. The molecule has 0 spiro atoms. The molecule has 1 aliphatic rings. The van der Waals surface area contributed by atoms with Crippen molar-refractivity contribution in [1.29, 1.82) is 0 Å². The molecule has 0 bridgehead atoms. The first-order valence-electron chi connectivity index (χ1n) is 12.0. The number of hydrogen-bond acceptors (Lipinski definition) is 4. The fourth-order valence-corrected chi connectivity index (χ4v) is 4.58. The number of benzene rings is 2. The van der Waals surface area contributed by atoms with Crippen LogP contribution in [0.5, 0.6) is 0 Å². The van der Waals surface area contributed by atoms with Gasteiger partial charge in [-0.3, -0.25) is 5.32 Å². The molecule has 0 aliphatic carbocycles. The van der Waals surface area contributed by atoms with Crippen molar-refractivity contribution < 1.29 is 0 Å². The van der Waals surface area contributed by atoms with Gasteiger partial charge in [-0.05, 0) is 93.9 Å². The molecule has 0 unspecified atom stereocenters. The van der Waals surface area contributed by atoms with Gasteiger partial charge in [0.2, 0.25) is 17.0 Å². The zero-order chi connectivity index (χ0) is 25.8. The lowest BCUT2D eigenvalue weighted by atomic mass is 10.1. The number of halogens is 1. The SMILES string of the molecule is Cc1cc(C)nc(N/C(=N/C(=S)Nc2ccc(C)c(C)c2)N2CCN(c3cc(Cl)ccc3C)CC2)n1. The molecule has 0 amide bonds. The molecule has 3 aromatic rings. The standard InChI is InChI=1S/C27H32ClN7S/c1-17-7-9-23(14-19(17)3)31-27(36)33-26(32-25-29-20(4)15-21(5)30-25)35-12-10-34(11-13-35)24-16-22(28)8-6-18(24)2/h6-9,14-16H,10-13H2,1-5H3,(H2,29,30,31,32,33,36). The van der Waals surface area contributed by atoms with E-state index in [0.29, 0.717) is 17.0 Å². The summed E-state index contributed by atoms with van der Waals surface area (Å²) in [5.74, 6) is 1.14. The summed E-state index contributed by atoms with van der Waals surface area (Å²) in [6, 6.07) is 14.1. The second-order valence-electron chi connectivity index (χ2n) is 9.17. The summed E-state index contributed by atoms with van der Waals surface area (Å²) in [7, 11) is 0. The number of aliphatic imine (C=N–C) groups is 1. The topological polar surface area (TPSA) is 68.7 Å². The Labute approximate surface area is 223 Å². The van der Waals surface area contributed by atoms with Crippen LogP contribution < -0.4 is 15.5 Å². The van der Waals surface area contributed by atoms with Crippen LogP contribution in [0.4, 0.5) is 17.3 Å². The minimum atomic E-state index is 0.373. The monoisotopic (exact) mass is 521 g/mol. The minimum Gasteiger partial charge on any atom is -0.368 e. The molecule has 188 valence electrons. The fourth-order valence-electron chi connectivity index (χ4n) is 4.21. The molecule has 7 nitrogen and oxygen atoms in total. The van der Waals surface area contributed by atoms with Crippen molar-refractivity contribution in [3.8, 4) is 0 Å². The number of nitrogens with zero attached hydrogens (tertiary/aromatic N) is 5. The zero-order valence-electron chi connectivity index (χ0n) is 21.4. The van der Waals surface area contributed by atoms with Crippen molar-refractivity contribution in [2.24, 2.45) is 4.99 Å². The molecule has 1 saturated heterocycles. The van der Waals surface area contributed by atoms with Gasteiger partial charge in [-0.25, -0.2) is 9.97 Å². The zero-order valence-corrected chi connectivity index (χ0v) is 23.0. The Morgan fingerprint density at radius 1 is 0.833 bits per heavy atom. The van der Waals surface area contributed by atoms with Crippen molar-refractivity contribution >= 4 is 52.2 Å². The number of guanidine groups is 1. The van der Waals surface area contributed by atoms with Crippen molar-refractivity contribution in [2.75, 3.05) is 41.7 Å². The molecule has 0 atom stereocenters. The van der Waals surface area contributed by atoms with Crippen molar-refractivity contribution in [3.63, 3.8) is 0 Å². The normalized spacial score (nSPS) is 14.1. The number of nitrogens with one attached hydrogen (secondary N) is 2. The summed E-state index contributed by atoms with van der Waals surface area (Å²) in [5, 5.41) is 7.70. The van der Waals surface area contributed by atoms with Gasteiger partial charge in [0.15, 0.2) is 0 Å². The van der Waals surface area contributed by atoms with E-state index in [0.717, 1.165) is 54.0 Å². The van der Waals surface area contributed by atoms with Gasteiger partial charge in [-0.1, -0.05) is 23.7 Å². The average Bonchev–Trinajstić information content (AvgIpc) is 2.82. The van der Waals surface area contributed by atoms with Gasteiger partial charge in [0.05, 0.1) is 0 Å². The molecule has 1 fully saturated rings. The van der Waals surface area contributed by atoms with Gasteiger partial charge < -0.3 is 15.1 Å². The quantitative estimate of drug-likeness (QED) is 0.262. The predicted octanol–water partition coefficient (Wildman–Crippen LogP) is 5.66. The predicted molar refractivity (Wildman–Crippen MR) is 155 cm³/mol. The average molecular weight is 522 g/mol. The number of aryl methyl sites for hydroxylation is 5. The Morgan fingerprint density at radius 2 is 1.50 bits per heavy atom. The summed E-state index contributed by atoms with van der Waals surface area (Å²) in [6.45, 7) is 13.4. The number of hydrogen-bond donors (Lipinski definition) is 2. The highest BCUT2D eigenvalue weighted by Crippen LogP contribution is 2.25. The lowest BCUT2D eigenvalue weighted by Crippen LogP contribution is -2.51. The second kappa shape index (κ2) is 11.2. The first kappa shape index (κ1) is 25.9. The molecule has 4 rings (SSSR count). The number of thiocarbonyl (C=S) groups is 1. The van der Waals surface area contributed by atoms with Crippen LogP contribution in [0.1, 0.15) is 28.1 Å². The summed E-state index contributed by atoms with van der Waals surface area (Å²) >= 11 is 11.9. The third-order valence-electron chi connectivity index (χ3n) is 6.26. The van der Waals surface area contributed by atoms with Crippen LogP contribution in [0, 0.1) is 34.6 Å². The lowest BCUT2D eigenvalue weighted by molar-refractivity contribution is 0.385. The Bertz CT molecular complexity index is 1280.